The summed E-state index contributed by atoms with van der Waals surface area (Å²) in [4.78, 5) is 83.1. The molecule has 0 saturated carbocycles. The lowest BCUT2D eigenvalue weighted by molar-refractivity contribution is -0.141. The van der Waals surface area contributed by atoms with Crippen LogP contribution in [0.2, 0.25) is 0 Å². The molecular formula is C68H73N5O10S3. The van der Waals surface area contributed by atoms with E-state index in [1.165, 1.54) is 37.1 Å². The minimum absolute atomic E-state index is 0.147. The lowest BCUT2D eigenvalue weighted by Crippen LogP contribution is -2.59. The highest BCUT2D eigenvalue weighted by molar-refractivity contribution is 8.01. The van der Waals surface area contributed by atoms with Crippen LogP contribution in [0, 0.1) is 12.8 Å². The Bertz CT molecular complexity index is 3280. The van der Waals surface area contributed by atoms with Gasteiger partial charge in [-0.3, -0.25) is 28.8 Å². The third-order valence-corrected chi connectivity index (χ3v) is 18.9. The molecule has 0 bridgehead atoms. The van der Waals surface area contributed by atoms with Gasteiger partial charge in [-0.05, 0) is 76.9 Å². The molecule has 0 saturated heterocycles. The fraction of sp³-hybridized carbons (Fsp3) is 0.265. The Balaban J connectivity index is 1.16. The molecule has 0 spiro atoms. The summed E-state index contributed by atoms with van der Waals surface area (Å²) in [5.74, 6) is -4.93. The van der Waals surface area contributed by atoms with Crippen LogP contribution in [0.3, 0.4) is 0 Å². The predicted octanol–water partition coefficient (Wildman–Crippen LogP) is 9.13. The molecule has 7 aromatic rings. The molecule has 0 aromatic heterocycles. The maximum Gasteiger partial charge on any atom is 0.325 e. The Morgan fingerprint density at radius 1 is 0.558 bits per heavy atom. The fourth-order valence-corrected chi connectivity index (χ4v) is 13.9. The molecule has 0 fully saturated rings. The van der Waals surface area contributed by atoms with Gasteiger partial charge in [0.05, 0.1) is 34.0 Å². The number of aryl methyl sites for hydroxylation is 1. The van der Waals surface area contributed by atoms with E-state index in [1.54, 1.807) is 50.7 Å². The van der Waals surface area contributed by atoms with Crippen molar-refractivity contribution in [3.63, 3.8) is 0 Å². The van der Waals surface area contributed by atoms with E-state index in [1.807, 2.05) is 146 Å². The summed E-state index contributed by atoms with van der Waals surface area (Å²) < 4.78 is 31.9. The monoisotopic (exact) mass is 1220 g/mol. The number of esters is 1. The van der Waals surface area contributed by atoms with Crippen molar-refractivity contribution >= 4 is 69.1 Å². The lowest BCUT2D eigenvalue weighted by Gasteiger charge is -2.37. The van der Waals surface area contributed by atoms with Gasteiger partial charge in [-0.15, -0.1) is 23.5 Å². The second kappa shape index (κ2) is 31.7. The first-order valence-corrected chi connectivity index (χ1v) is 31.7. The zero-order valence-electron chi connectivity index (χ0n) is 48.5. The first kappa shape index (κ1) is 65.3. The van der Waals surface area contributed by atoms with Crippen molar-refractivity contribution in [1.82, 2.24) is 26.0 Å². The highest BCUT2D eigenvalue weighted by Gasteiger charge is 2.41. The number of carbonyl (C=O) groups is 6. The number of carbonyl (C=O) groups excluding carboxylic acids is 6. The Kier molecular flexibility index (Phi) is 24.1. The third kappa shape index (κ3) is 17.4. The number of aliphatic hydroxyl groups excluding tert-OH is 1. The van der Waals surface area contributed by atoms with Gasteiger partial charge in [0.1, 0.15) is 24.7 Å². The number of ether oxygens (including phenoxy) is 1. The van der Waals surface area contributed by atoms with Crippen molar-refractivity contribution < 1.29 is 47.0 Å². The molecule has 7 rings (SSSR count). The zero-order chi connectivity index (χ0) is 61.5. The minimum atomic E-state index is -4.35. The number of thioether (sulfide) groups is 2. The second-order valence-electron chi connectivity index (χ2n) is 20.8. The molecule has 0 aliphatic heterocycles. The molecule has 6 N–H and O–H groups in total. The maximum absolute atomic E-state index is 15.0. The first-order valence-electron chi connectivity index (χ1n) is 28.3. The van der Waals surface area contributed by atoms with Gasteiger partial charge in [0, 0.05) is 12.2 Å². The van der Waals surface area contributed by atoms with Crippen molar-refractivity contribution in [2.24, 2.45) is 5.92 Å². The number of hydrogen-bond acceptors (Lipinski definition) is 12. The van der Waals surface area contributed by atoms with Gasteiger partial charge in [-0.2, -0.15) is 0 Å². The molecular weight excluding hydrogens is 1140 g/mol. The van der Waals surface area contributed by atoms with E-state index in [0.717, 1.165) is 38.9 Å². The highest BCUT2D eigenvalue weighted by atomic mass is 32.2. The molecule has 7 aromatic carbocycles. The molecule has 0 radical (unpaired) electrons. The van der Waals surface area contributed by atoms with Crippen molar-refractivity contribution in [3.8, 4) is 0 Å². The zero-order valence-corrected chi connectivity index (χ0v) is 50.9. The fourth-order valence-electron chi connectivity index (χ4n) is 9.90. The van der Waals surface area contributed by atoms with Gasteiger partial charge in [-0.25, -0.2) is 13.1 Å². The van der Waals surface area contributed by atoms with Crippen LogP contribution in [-0.4, -0.2) is 98.4 Å². The number of amides is 5. The number of aliphatic hydroxyl groups is 1. The van der Waals surface area contributed by atoms with E-state index in [-0.39, 0.29) is 10.6 Å². The number of methoxy groups -OCH3 is 1. The summed E-state index contributed by atoms with van der Waals surface area (Å²) in [5.41, 5.74) is 6.62. The molecule has 0 unspecified atom stereocenters. The van der Waals surface area contributed by atoms with E-state index in [9.17, 15) is 42.3 Å². The highest BCUT2D eigenvalue weighted by Crippen LogP contribution is 2.50. The molecule has 0 aliphatic rings. The summed E-state index contributed by atoms with van der Waals surface area (Å²) in [7, 11) is -3.17. The van der Waals surface area contributed by atoms with Crippen LogP contribution in [-0.2, 0) is 53.0 Å². The Labute approximate surface area is 512 Å². The maximum atomic E-state index is 15.0. The molecule has 18 heteroatoms. The molecule has 5 amide bonds. The smallest absolute Gasteiger partial charge is 0.325 e. The van der Waals surface area contributed by atoms with Gasteiger partial charge in [0.15, 0.2) is 0 Å². The molecule has 448 valence electrons. The predicted molar refractivity (Wildman–Crippen MR) is 339 cm³/mol. The van der Waals surface area contributed by atoms with Gasteiger partial charge in [-0.1, -0.05) is 226 Å². The lowest BCUT2D eigenvalue weighted by atomic mass is 9.84. The number of allylic oxidation sites excluding steroid dienone is 1. The van der Waals surface area contributed by atoms with Crippen molar-refractivity contribution in [3.05, 3.63) is 257 Å². The quantitative estimate of drug-likeness (QED) is 0.0107. The Morgan fingerprint density at radius 3 is 1.42 bits per heavy atom. The van der Waals surface area contributed by atoms with Crippen molar-refractivity contribution in [2.75, 3.05) is 25.2 Å². The number of rotatable bonds is 30. The van der Waals surface area contributed by atoms with Gasteiger partial charge < -0.3 is 31.1 Å². The van der Waals surface area contributed by atoms with Gasteiger partial charge in [0.25, 0.3) is 10.0 Å². The van der Waals surface area contributed by atoms with Crippen LogP contribution in [0.4, 0.5) is 0 Å². The second-order valence-corrected chi connectivity index (χ2v) is 25.0. The van der Waals surface area contributed by atoms with Crippen LogP contribution >= 0.6 is 23.5 Å². The molecule has 15 nitrogen and oxygen atoms in total. The van der Waals surface area contributed by atoms with E-state index in [2.05, 4.69) is 62.4 Å². The van der Waals surface area contributed by atoms with Crippen molar-refractivity contribution in [1.29, 1.82) is 0 Å². The molecule has 0 heterocycles. The Hall–Kier alpha value is -8.29. The first-order chi connectivity index (χ1) is 41.5. The molecule has 0 aliphatic carbocycles. The van der Waals surface area contributed by atoms with Crippen molar-refractivity contribution in [2.45, 2.75) is 85.1 Å². The average Bonchev–Trinajstić information content (AvgIpc) is 2.02. The minimum Gasteiger partial charge on any atom is -0.468 e. The standard InChI is InChI=1S/C68H73N5O10S3/c1-48(2)63(66(80)69-46-62(77)83-4)72-65(79)59(47-85-68(53-31-17-8-18-32-53,54-33-19-9-20-34-54)55-35-21-10-22-36-55)71-64(78)58(42-43-60(75)73-86(81,82)57-40-38-49(3)39-41-57)70-61(76)45-56(74)37-23-24-44-84-67(50-25-11-5-12-26-50,51-27-13-6-14-28-51)52-29-15-7-16-30-52/h5-23,25-41,48,56,58-59,63,74H,24,42-47H2,1-4H3,(H,69,80)(H,70,76)(H,71,78)(H,72,79)(H,73,75)/t56-,58-,59-,63-/m1/s1. The molecule has 86 heavy (non-hydrogen) atoms. The van der Waals surface area contributed by atoms with Crippen LogP contribution in [0.1, 0.15) is 78.5 Å². The number of benzene rings is 7. The number of nitrogens with one attached hydrogen (secondary N) is 5. The van der Waals surface area contributed by atoms with E-state index < -0.39 is 111 Å². The topological polar surface area (TPSA) is 226 Å². The van der Waals surface area contributed by atoms with Crippen LogP contribution in [0.5, 0.6) is 0 Å². The largest absolute Gasteiger partial charge is 0.468 e. The Morgan fingerprint density at radius 2 is 0.988 bits per heavy atom. The average molecular weight is 1220 g/mol. The van der Waals surface area contributed by atoms with Crippen LogP contribution in [0.15, 0.2) is 223 Å². The third-order valence-electron chi connectivity index (χ3n) is 14.3. The van der Waals surface area contributed by atoms with Gasteiger partial charge in [0.2, 0.25) is 29.5 Å². The van der Waals surface area contributed by atoms with E-state index >= 15 is 0 Å². The number of sulfonamides is 1. The van der Waals surface area contributed by atoms with E-state index in [4.69, 9.17) is 4.74 Å². The van der Waals surface area contributed by atoms with E-state index in [0.29, 0.717) is 12.2 Å². The summed E-state index contributed by atoms with van der Waals surface area (Å²) in [6.45, 7) is 4.71. The summed E-state index contributed by atoms with van der Waals surface area (Å²) in [6.07, 6.45) is 0.959. The van der Waals surface area contributed by atoms with Crippen LogP contribution in [0.25, 0.3) is 0 Å². The van der Waals surface area contributed by atoms with Crippen LogP contribution < -0.4 is 26.0 Å². The van der Waals surface area contributed by atoms with Gasteiger partial charge >= 0.3 is 5.97 Å². The SMILES string of the molecule is COC(=O)CNC(=O)[C@H](NC(=O)[C@@H](CSC(c1ccccc1)(c1ccccc1)c1ccccc1)NC(=O)[C@@H](CCC(=O)NS(=O)(=O)c1ccc(C)cc1)NC(=O)C[C@H](O)C=CCCSC(c1ccccc1)(c1ccccc1)c1ccccc1)C(C)C. The summed E-state index contributed by atoms with van der Waals surface area (Å²) in [6, 6.07) is 61.2. The summed E-state index contributed by atoms with van der Waals surface area (Å²) in [5, 5.41) is 22.1. The molecule has 4 atom stereocenters. The summed E-state index contributed by atoms with van der Waals surface area (Å²) >= 11 is 3.08. The number of hydrogen-bond donors (Lipinski definition) is 6. The normalized spacial score (nSPS) is 13.1.